The number of rotatable bonds is 6. The van der Waals surface area contributed by atoms with Gasteiger partial charge in [-0.05, 0) is 66.9 Å². The minimum atomic E-state index is -0.280. The van der Waals surface area contributed by atoms with E-state index in [0.717, 1.165) is 22.6 Å². The van der Waals surface area contributed by atoms with Crippen molar-refractivity contribution in [3.63, 3.8) is 0 Å². The maximum absolute atomic E-state index is 12.9. The molecule has 32 heavy (non-hydrogen) atoms. The number of fused-ring (bicyclic) bond motifs is 1. The zero-order valence-electron chi connectivity index (χ0n) is 18.1. The maximum Gasteiger partial charge on any atom is 0.255 e. The van der Waals surface area contributed by atoms with Gasteiger partial charge in [-0.2, -0.15) is 0 Å². The van der Waals surface area contributed by atoms with Crippen molar-refractivity contribution in [2.45, 2.75) is 19.4 Å². The molecule has 164 valence electrons. The SMILES string of the molecule is COc1ccc2c(c1)CC(C(=O)NC(C)c1cccc(NC(=O)c3ccccc3)c1)CO2. The highest BCUT2D eigenvalue weighted by molar-refractivity contribution is 6.04. The fraction of sp³-hybridized carbons (Fsp3) is 0.231. The van der Waals surface area contributed by atoms with Gasteiger partial charge in [0.15, 0.2) is 0 Å². The van der Waals surface area contributed by atoms with Crippen LogP contribution < -0.4 is 20.1 Å². The molecule has 0 spiro atoms. The molecule has 2 atom stereocenters. The number of carbonyl (C=O) groups excluding carboxylic acids is 2. The van der Waals surface area contributed by atoms with Crippen LogP contribution >= 0.6 is 0 Å². The molecule has 2 N–H and O–H groups in total. The molecule has 0 bridgehead atoms. The zero-order chi connectivity index (χ0) is 22.5. The Morgan fingerprint density at radius 2 is 1.84 bits per heavy atom. The number of methoxy groups -OCH3 is 1. The van der Waals surface area contributed by atoms with Crippen LogP contribution in [0.25, 0.3) is 0 Å². The van der Waals surface area contributed by atoms with E-state index in [1.165, 1.54) is 0 Å². The van der Waals surface area contributed by atoms with Crippen molar-refractivity contribution in [2.75, 3.05) is 19.0 Å². The largest absolute Gasteiger partial charge is 0.497 e. The Kier molecular flexibility index (Phi) is 6.40. The van der Waals surface area contributed by atoms with E-state index in [9.17, 15) is 9.59 Å². The molecule has 1 aliphatic rings. The van der Waals surface area contributed by atoms with Crippen molar-refractivity contribution in [3.05, 3.63) is 89.5 Å². The van der Waals surface area contributed by atoms with Crippen molar-refractivity contribution in [2.24, 2.45) is 5.92 Å². The van der Waals surface area contributed by atoms with Crippen LogP contribution in [0.5, 0.6) is 11.5 Å². The summed E-state index contributed by atoms with van der Waals surface area (Å²) >= 11 is 0. The quantitative estimate of drug-likeness (QED) is 0.609. The van der Waals surface area contributed by atoms with E-state index in [2.05, 4.69) is 10.6 Å². The summed E-state index contributed by atoms with van der Waals surface area (Å²) in [5.41, 5.74) is 3.14. The lowest BCUT2D eigenvalue weighted by molar-refractivity contribution is -0.126. The summed E-state index contributed by atoms with van der Waals surface area (Å²) in [7, 11) is 1.62. The van der Waals surface area contributed by atoms with Crippen LogP contribution in [0.1, 0.15) is 34.5 Å². The van der Waals surface area contributed by atoms with Gasteiger partial charge in [0.2, 0.25) is 5.91 Å². The lowest BCUT2D eigenvalue weighted by Crippen LogP contribution is -2.38. The van der Waals surface area contributed by atoms with E-state index < -0.39 is 0 Å². The van der Waals surface area contributed by atoms with Crippen LogP contribution in [0, 0.1) is 5.92 Å². The standard InChI is InChI=1S/C26H26N2O4/c1-17(19-9-6-10-22(14-19)28-25(29)18-7-4-3-5-8-18)27-26(30)21-13-20-15-23(31-2)11-12-24(20)32-16-21/h3-12,14-15,17,21H,13,16H2,1-2H3,(H,27,30)(H,28,29). The summed E-state index contributed by atoms with van der Waals surface area (Å²) in [6.07, 6.45) is 0.595. The highest BCUT2D eigenvalue weighted by Gasteiger charge is 2.27. The maximum atomic E-state index is 12.9. The number of anilines is 1. The first kappa shape index (κ1) is 21.4. The van der Waals surface area contributed by atoms with E-state index in [0.29, 0.717) is 24.3 Å². The second kappa shape index (κ2) is 9.56. The monoisotopic (exact) mass is 430 g/mol. The minimum Gasteiger partial charge on any atom is -0.497 e. The van der Waals surface area contributed by atoms with Gasteiger partial charge in [-0.1, -0.05) is 30.3 Å². The first-order valence-electron chi connectivity index (χ1n) is 10.6. The van der Waals surface area contributed by atoms with E-state index in [1.807, 2.05) is 67.6 Å². The smallest absolute Gasteiger partial charge is 0.255 e. The van der Waals surface area contributed by atoms with Crippen LogP contribution in [0.15, 0.2) is 72.8 Å². The van der Waals surface area contributed by atoms with Crippen molar-refractivity contribution in [3.8, 4) is 11.5 Å². The number of carbonyl (C=O) groups is 2. The highest BCUT2D eigenvalue weighted by atomic mass is 16.5. The van der Waals surface area contributed by atoms with E-state index in [1.54, 1.807) is 19.2 Å². The number of amides is 2. The Bertz CT molecular complexity index is 1110. The molecule has 2 unspecified atom stereocenters. The third-order valence-electron chi connectivity index (χ3n) is 5.58. The average Bonchev–Trinajstić information content (AvgIpc) is 2.83. The molecule has 4 rings (SSSR count). The van der Waals surface area contributed by atoms with Gasteiger partial charge in [-0.3, -0.25) is 9.59 Å². The van der Waals surface area contributed by atoms with E-state index in [4.69, 9.17) is 9.47 Å². The van der Waals surface area contributed by atoms with Gasteiger partial charge >= 0.3 is 0 Å². The Labute approximate surface area is 187 Å². The topological polar surface area (TPSA) is 76.7 Å². The van der Waals surface area contributed by atoms with Crippen molar-refractivity contribution < 1.29 is 19.1 Å². The lowest BCUT2D eigenvalue weighted by Gasteiger charge is -2.26. The number of hydrogen-bond donors (Lipinski definition) is 2. The van der Waals surface area contributed by atoms with Gasteiger partial charge in [0, 0.05) is 11.3 Å². The van der Waals surface area contributed by atoms with Gasteiger partial charge in [0.1, 0.15) is 18.1 Å². The zero-order valence-corrected chi connectivity index (χ0v) is 18.1. The minimum absolute atomic E-state index is 0.0651. The first-order chi connectivity index (χ1) is 15.5. The Balaban J connectivity index is 1.39. The summed E-state index contributed by atoms with van der Waals surface area (Å²) in [4.78, 5) is 25.3. The Hall–Kier alpha value is -3.80. The fourth-order valence-electron chi connectivity index (χ4n) is 3.76. The van der Waals surface area contributed by atoms with Crippen LogP contribution in [-0.4, -0.2) is 25.5 Å². The number of nitrogens with one attached hydrogen (secondary N) is 2. The van der Waals surface area contributed by atoms with Gasteiger partial charge in [-0.15, -0.1) is 0 Å². The van der Waals surface area contributed by atoms with Crippen LogP contribution in [0.4, 0.5) is 5.69 Å². The number of benzene rings is 3. The molecule has 6 heteroatoms. The molecule has 6 nitrogen and oxygen atoms in total. The molecular weight excluding hydrogens is 404 g/mol. The molecule has 1 aliphatic heterocycles. The van der Waals surface area contributed by atoms with E-state index in [-0.39, 0.29) is 23.8 Å². The second-order valence-corrected chi connectivity index (χ2v) is 7.86. The average molecular weight is 431 g/mol. The molecule has 3 aromatic carbocycles. The van der Waals surface area contributed by atoms with Crippen molar-refractivity contribution >= 4 is 17.5 Å². The second-order valence-electron chi connectivity index (χ2n) is 7.86. The molecule has 0 saturated heterocycles. The number of ether oxygens (including phenoxy) is 2. The molecule has 0 radical (unpaired) electrons. The molecule has 2 amide bonds. The van der Waals surface area contributed by atoms with Crippen LogP contribution in [0.2, 0.25) is 0 Å². The predicted molar refractivity (Wildman–Crippen MR) is 123 cm³/mol. The summed E-state index contributed by atoms with van der Waals surface area (Å²) in [5, 5.41) is 5.98. The Morgan fingerprint density at radius 1 is 1.03 bits per heavy atom. The third kappa shape index (κ3) is 4.91. The van der Waals surface area contributed by atoms with Crippen LogP contribution in [-0.2, 0) is 11.2 Å². The predicted octanol–water partition coefficient (Wildman–Crippen LogP) is 4.38. The van der Waals surface area contributed by atoms with E-state index >= 15 is 0 Å². The molecule has 3 aromatic rings. The van der Waals surface area contributed by atoms with Crippen LogP contribution in [0.3, 0.4) is 0 Å². The normalized spacial score (nSPS) is 15.6. The van der Waals surface area contributed by atoms with Crippen molar-refractivity contribution in [1.29, 1.82) is 0 Å². The van der Waals surface area contributed by atoms with Gasteiger partial charge in [0.25, 0.3) is 5.91 Å². The van der Waals surface area contributed by atoms with Gasteiger partial charge in [-0.25, -0.2) is 0 Å². The summed E-state index contributed by atoms with van der Waals surface area (Å²) in [6, 6.07) is 22.0. The summed E-state index contributed by atoms with van der Waals surface area (Å²) in [5.74, 6) is 1.02. The summed E-state index contributed by atoms with van der Waals surface area (Å²) < 4.78 is 11.1. The Morgan fingerprint density at radius 3 is 2.62 bits per heavy atom. The molecule has 0 saturated carbocycles. The summed E-state index contributed by atoms with van der Waals surface area (Å²) in [6.45, 7) is 2.27. The van der Waals surface area contributed by atoms with Gasteiger partial charge < -0.3 is 20.1 Å². The lowest BCUT2D eigenvalue weighted by atomic mass is 9.95. The molecule has 0 fully saturated rings. The molecular formula is C26H26N2O4. The first-order valence-corrected chi connectivity index (χ1v) is 10.6. The van der Waals surface area contributed by atoms with Gasteiger partial charge in [0.05, 0.1) is 19.1 Å². The fourth-order valence-corrected chi connectivity index (χ4v) is 3.76. The third-order valence-corrected chi connectivity index (χ3v) is 5.58. The molecule has 0 aromatic heterocycles. The molecule has 0 aliphatic carbocycles. The highest BCUT2D eigenvalue weighted by Crippen LogP contribution is 2.31. The number of hydrogen-bond acceptors (Lipinski definition) is 4. The van der Waals surface area contributed by atoms with Crippen molar-refractivity contribution in [1.82, 2.24) is 5.32 Å². The molecule has 1 heterocycles.